The van der Waals surface area contributed by atoms with Gasteiger partial charge in [-0.25, -0.2) is 0 Å². The van der Waals surface area contributed by atoms with Gasteiger partial charge in [-0.15, -0.1) is 11.8 Å². The average Bonchev–Trinajstić information content (AvgIpc) is 2.45. The predicted molar refractivity (Wildman–Crippen MR) is 79.6 cm³/mol. The van der Waals surface area contributed by atoms with Crippen molar-refractivity contribution in [3.05, 3.63) is 23.8 Å². The Kier molecular flexibility index (Phi) is 4.52. The standard InChI is InChI=1S/C14H16N2O4S/c1-8(14(19)20)6-16(2)13(18)9-3-4-11-10(5-9)15-12(17)7-21-11/h3-5,8H,6-7H2,1-2H3,(H,15,17)(H,19,20)/t8-/m0/s1. The number of rotatable bonds is 4. The van der Waals surface area contributed by atoms with E-state index in [1.165, 1.54) is 16.7 Å². The smallest absolute Gasteiger partial charge is 0.308 e. The number of hydrogen-bond acceptors (Lipinski definition) is 4. The predicted octanol–water partition coefficient (Wildman–Crippen LogP) is 1.52. The summed E-state index contributed by atoms with van der Waals surface area (Å²) in [5.41, 5.74) is 1.05. The van der Waals surface area contributed by atoms with Crippen LogP contribution in [0.3, 0.4) is 0 Å². The number of carbonyl (C=O) groups is 3. The van der Waals surface area contributed by atoms with Gasteiger partial charge in [0, 0.05) is 24.1 Å². The van der Waals surface area contributed by atoms with Crippen molar-refractivity contribution in [1.29, 1.82) is 0 Å². The molecule has 1 atom stereocenters. The molecule has 1 heterocycles. The molecule has 1 aliphatic rings. The van der Waals surface area contributed by atoms with E-state index in [2.05, 4.69) is 5.32 Å². The summed E-state index contributed by atoms with van der Waals surface area (Å²) >= 11 is 1.43. The second-order valence-electron chi connectivity index (χ2n) is 4.97. The summed E-state index contributed by atoms with van der Waals surface area (Å²) in [4.78, 5) is 36.8. The number of amides is 2. The fourth-order valence-electron chi connectivity index (χ4n) is 2.01. The van der Waals surface area contributed by atoms with Crippen LogP contribution in [0, 0.1) is 5.92 Å². The van der Waals surface area contributed by atoms with Crippen LogP contribution in [0.15, 0.2) is 23.1 Å². The van der Waals surface area contributed by atoms with Crippen molar-refractivity contribution in [2.24, 2.45) is 5.92 Å². The highest BCUT2D eigenvalue weighted by Crippen LogP contribution is 2.32. The zero-order valence-electron chi connectivity index (χ0n) is 11.8. The van der Waals surface area contributed by atoms with E-state index < -0.39 is 11.9 Å². The lowest BCUT2D eigenvalue weighted by atomic mass is 10.1. The van der Waals surface area contributed by atoms with Crippen LogP contribution in [0.2, 0.25) is 0 Å². The van der Waals surface area contributed by atoms with Gasteiger partial charge < -0.3 is 15.3 Å². The summed E-state index contributed by atoms with van der Waals surface area (Å²) < 4.78 is 0. The minimum atomic E-state index is -0.941. The number of hydrogen-bond donors (Lipinski definition) is 2. The quantitative estimate of drug-likeness (QED) is 0.880. The molecule has 0 aromatic heterocycles. The Morgan fingerprint density at radius 1 is 1.48 bits per heavy atom. The van der Waals surface area contributed by atoms with Gasteiger partial charge in [-0.1, -0.05) is 6.92 Å². The van der Waals surface area contributed by atoms with E-state index >= 15 is 0 Å². The molecule has 7 heteroatoms. The van der Waals surface area contributed by atoms with Crippen molar-refractivity contribution in [1.82, 2.24) is 4.90 Å². The normalized spacial score (nSPS) is 14.9. The number of carboxylic acids is 1. The zero-order chi connectivity index (χ0) is 15.6. The first-order valence-electron chi connectivity index (χ1n) is 6.43. The van der Waals surface area contributed by atoms with Crippen molar-refractivity contribution in [2.75, 3.05) is 24.7 Å². The van der Waals surface area contributed by atoms with Gasteiger partial charge in [-0.05, 0) is 18.2 Å². The number of fused-ring (bicyclic) bond motifs is 1. The largest absolute Gasteiger partial charge is 0.481 e. The lowest BCUT2D eigenvalue weighted by Crippen LogP contribution is -2.33. The third-order valence-corrected chi connectivity index (χ3v) is 4.25. The molecule has 21 heavy (non-hydrogen) atoms. The van der Waals surface area contributed by atoms with Gasteiger partial charge in [0.2, 0.25) is 5.91 Å². The third kappa shape index (κ3) is 3.55. The molecule has 2 N–H and O–H groups in total. The second kappa shape index (κ2) is 6.17. The van der Waals surface area contributed by atoms with Crippen LogP contribution in [0.5, 0.6) is 0 Å². The Balaban J connectivity index is 2.14. The number of thioether (sulfide) groups is 1. The molecular formula is C14H16N2O4S. The molecular weight excluding hydrogens is 292 g/mol. The number of anilines is 1. The number of aliphatic carboxylic acids is 1. The van der Waals surface area contributed by atoms with Crippen molar-refractivity contribution >= 4 is 35.2 Å². The maximum Gasteiger partial charge on any atom is 0.308 e. The van der Waals surface area contributed by atoms with Gasteiger partial charge in [-0.3, -0.25) is 14.4 Å². The highest BCUT2D eigenvalue weighted by Gasteiger charge is 2.21. The van der Waals surface area contributed by atoms with E-state index in [0.717, 1.165) is 4.90 Å². The molecule has 0 bridgehead atoms. The van der Waals surface area contributed by atoms with E-state index in [9.17, 15) is 14.4 Å². The minimum absolute atomic E-state index is 0.0926. The first-order valence-corrected chi connectivity index (χ1v) is 7.42. The zero-order valence-corrected chi connectivity index (χ0v) is 12.6. The van der Waals surface area contributed by atoms with Gasteiger partial charge in [0.1, 0.15) is 0 Å². The molecule has 2 rings (SSSR count). The van der Waals surface area contributed by atoms with Gasteiger partial charge >= 0.3 is 5.97 Å². The summed E-state index contributed by atoms with van der Waals surface area (Å²) in [7, 11) is 1.56. The summed E-state index contributed by atoms with van der Waals surface area (Å²) in [6.07, 6.45) is 0. The molecule has 0 aliphatic carbocycles. The van der Waals surface area contributed by atoms with Crippen molar-refractivity contribution in [3.63, 3.8) is 0 Å². The van der Waals surface area contributed by atoms with E-state index in [0.29, 0.717) is 17.0 Å². The van der Waals surface area contributed by atoms with Crippen LogP contribution in [0.1, 0.15) is 17.3 Å². The summed E-state index contributed by atoms with van der Waals surface area (Å²) in [5, 5.41) is 11.6. The van der Waals surface area contributed by atoms with Crippen LogP contribution in [-0.2, 0) is 9.59 Å². The topological polar surface area (TPSA) is 86.7 Å². The molecule has 112 valence electrons. The number of nitrogens with zero attached hydrogens (tertiary/aromatic N) is 1. The molecule has 0 spiro atoms. The van der Waals surface area contributed by atoms with Crippen molar-refractivity contribution in [2.45, 2.75) is 11.8 Å². The lowest BCUT2D eigenvalue weighted by molar-refractivity contribution is -0.141. The Hall–Kier alpha value is -2.02. The second-order valence-corrected chi connectivity index (χ2v) is 5.99. The monoisotopic (exact) mass is 308 g/mol. The van der Waals surface area contributed by atoms with Gasteiger partial charge in [0.05, 0.1) is 17.4 Å². The summed E-state index contributed by atoms with van der Waals surface area (Å²) in [6.45, 7) is 1.68. The number of benzene rings is 1. The van der Waals surface area contributed by atoms with Gasteiger partial charge in [0.25, 0.3) is 5.91 Å². The molecule has 0 fully saturated rings. The van der Waals surface area contributed by atoms with Crippen LogP contribution in [-0.4, -0.2) is 47.1 Å². The molecule has 2 amide bonds. The first-order chi connectivity index (χ1) is 9.88. The Labute approximate surface area is 126 Å². The van der Waals surface area contributed by atoms with Crippen LogP contribution in [0.4, 0.5) is 5.69 Å². The molecule has 0 radical (unpaired) electrons. The Morgan fingerprint density at radius 2 is 2.19 bits per heavy atom. The van der Waals surface area contributed by atoms with Crippen LogP contribution >= 0.6 is 11.8 Å². The van der Waals surface area contributed by atoms with Crippen molar-refractivity contribution < 1.29 is 19.5 Å². The Morgan fingerprint density at radius 3 is 2.86 bits per heavy atom. The van der Waals surface area contributed by atoms with Gasteiger partial charge in [0.15, 0.2) is 0 Å². The molecule has 0 saturated heterocycles. The van der Waals surface area contributed by atoms with E-state index in [1.54, 1.807) is 32.2 Å². The molecule has 6 nitrogen and oxygen atoms in total. The van der Waals surface area contributed by atoms with E-state index in [1.807, 2.05) is 0 Å². The Bertz CT molecular complexity index is 603. The number of nitrogens with one attached hydrogen (secondary N) is 1. The summed E-state index contributed by atoms with van der Waals surface area (Å²) in [6, 6.07) is 5.11. The third-order valence-electron chi connectivity index (χ3n) is 3.18. The fraction of sp³-hybridized carbons (Fsp3) is 0.357. The van der Waals surface area contributed by atoms with Crippen molar-refractivity contribution in [3.8, 4) is 0 Å². The van der Waals surface area contributed by atoms with Gasteiger partial charge in [-0.2, -0.15) is 0 Å². The number of carbonyl (C=O) groups excluding carboxylic acids is 2. The molecule has 1 aromatic carbocycles. The van der Waals surface area contributed by atoms with Crippen LogP contribution < -0.4 is 5.32 Å². The fourth-order valence-corrected chi connectivity index (χ4v) is 2.80. The number of carboxylic acid groups (broad SMARTS) is 1. The highest BCUT2D eigenvalue weighted by atomic mass is 32.2. The first kappa shape index (κ1) is 15.4. The summed E-state index contributed by atoms with van der Waals surface area (Å²) in [5.74, 6) is -1.56. The van der Waals surface area contributed by atoms with E-state index in [4.69, 9.17) is 5.11 Å². The van der Waals surface area contributed by atoms with Crippen LogP contribution in [0.25, 0.3) is 0 Å². The maximum absolute atomic E-state index is 12.3. The van der Waals surface area contributed by atoms with E-state index in [-0.39, 0.29) is 18.4 Å². The lowest BCUT2D eigenvalue weighted by Gasteiger charge is -2.21. The average molecular weight is 308 g/mol. The highest BCUT2D eigenvalue weighted by molar-refractivity contribution is 8.00. The molecule has 1 aliphatic heterocycles. The molecule has 0 unspecified atom stereocenters. The molecule has 0 saturated carbocycles. The minimum Gasteiger partial charge on any atom is -0.481 e. The molecule has 1 aromatic rings. The maximum atomic E-state index is 12.3. The SMILES string of the molecule is C[C@@H](CN(C)C(=O)c1ccc2c(c1)NC(=O)CS2)C(=O)O.